The fourth-order valence-electron chi connectivity index (χ4n) is 0.938. The minimum atomic E-state index is -1.33. The Morgan fingerprint density at radius 1 is 1.30 bits per heavy atom. The van der Waals surface area contributed by atoms with Crippen molar-refractivity contribution in [1.82, 2.24) is 5.32 Å². The normalized spacial score (nSPS) is 8.95. The molecule has 0 aliphatic heterocycles. The van der Waals surface area contributed by atoms with Gasteiger partial charge in [0.2, 0.25) is 0 Å². The van der Waals surface area contributed by atoms with Crippen LogP contribution in [0.3, 0.4) is 0 Å². The van der Waals surface area contributed by atoms with E-state index in [-0.39, 0.29) is 25.2 Å². The molecule has 0 rings (SSSR count). The summed E-state index contributed by atoms with van der Waals surface area (Å²) in [7, 11) is 0. The molecule has 0 saturated heterocycles. The molecule has 7 N–H and O–H groups in total. The largest absolute Gasteiger partial charge is 0.465 e. The van der Waals surface area contributed by atoms with Crippen molar-refractivity contribution in [3.8, 4) is 12.3 Å². The van der Waals surface area contributed by atoms with Crippen LogP contribution in [0.25, 0.3) is 0 Å². The zero-order valence-electron chi connectivity index (χ0n) is 11.8. The highest BCUT2D eigenvalue weighted by Crippen LogP contribution is 2.20. The zero-order chi connectivity index (χ0) is 16.6. The van der Waals surface area contributed by atoms with Crippen LogP contribution in [0.1, 0.15) is 26.7 Å². The molecule has 8 heteroatoms. The molecule has 0 aliphatic carbocycles. The first-order valence-electron chi connectivity index (χ1n) is 5.79. The predicted octanol–water partition coefficient (Wildman–Crippen LogP) is 0.288. The first-order chi connectivity index (χ1) is 9.18. The van der Waals surface area contributed by atoms with Gasteiger partial charge in [0.15, 0.2) is 0 Å². The van der Waals surface area contributed by atoms with Gasteiger partial charge in [0.1, 0.15) is 0 Å². The standard InChI is InChI=1S/C7H16O2.C4H5NO2.CH3NO2/c1-3-4-7(2,5-8)6-9;1-2-3-5-4(6)7;2-1(3)4/h8-9H,3-6H2,1-2H3;1,5H,3H2,(H,6,7);2H2,(H,3,4). The molecule has 118 valence electrons. The number of primary amides is 1. The van der Waals surface area contributed by atoms with Crippen molar-refractivity contribution in [1.29, 1.82) is 0 Å². The number of carbonyl (C=O) groups is 2. The molecule has 0 aliphatic rings. The van der Waals surface area contributed by atoms with Gasteiger partial charge in [-0.2, -0.15) is 0 Å². The van der Waals surface area contributed by atoms with Gasteiger partial charge in [0, 0.05) is 5.41 Å². The van der Waals surface area contributed by atoms with Crippen molar-refractivity contribution in [2.75, 3.05) is 19.8 Å². The monoisotopic (exact) mass is 292 g/mol. The topological polar surface area (TPSA) is 153 Å². The summed E-state index contributed by atoms with van der Waals surface area (Å²) < 4.78 is 0. The van der Waals surface area contributed by atoms with Gasteiger partial charge in [0.25, 0.3) is 0 Å². The van der Waals surface area contributed by atoms with E-state index >= 15 is 0 Å². The summed E-state index contributed by atoms with van der Waals surface area (Å²) in [6, 6.07) is 0. The maximum absolute atomic E-state index is 9.55. The van der Waals surface area contributed by atoms with E-state index in [1.807, 2.05) is 19.2 Å². The lowest BCUT2D eigenvalue weighted by Crippen LogP contribution is -2.25. The minimum Gasteiger partial charge on any atom is -0.465 e. The summed E-state index contributed by atoms with van der Waals surface area (Å²) in [5, 5.41) is 34.5. The maximum atomic E-state index is 9.55. The highest BCUT2D eigenvalue weighted by molar-refractivity contribution is 5.64. The lowest BCUT2D eigenvalue weighted by atomic mass is 9.88. The summed E-state index contributed by atoms with van der Waals surface area (Å²) >= 11 is 0. The van der Waals surface area contributed by atoms with Crippen LogP contribution in [0.15, 0.2) is 0 Å². The quantitative estimate of drug-likeness (QED) is 0.400. The average Bonchev–Trinajstić information content (AvgIpc) is 2.36. The number of hydrogen-bond acceptors (Lipinski definition) is 4. The highest BCUT2D eigenvalue weighted by atomic mass is 16.4. The number of nitrogens with two attached hydrogens (primary N) is 1. The lowest BCUT2D eigenvalue weighted by Gasteiger charge is -2.23. The number of aliphatic hydroxyl groups excluding tert-OH is 2. The molecule has 0 fully saturated rings. The van der Waals surface area contributed by atoms with Gasteiger partial charge in [-0.05, 0) is 6.42 Å². The molecule has 8 nitrogen and oxygen atoms in total. The first-order valence-corrected chi connectivity index (χ1v) is 5.79. The van der Waals surface area contributed by atoms with Crippen molar-refractivity contribution in [3.05, 3.63) is 0 Å². The summed E-state index contributed by atoms with van der Waals surface area (Å²) in [5.74, 6) is 2.11. The van der Waals surface area contributed by atoms with Gasteiger partial charge >= 0.3 is 12.2 Å². The van der Waals surface area contributed by atoms with E-state index in [9.17, 15) is 4.79 Å². The third kappa shape index (κ3) is 25.0. The molecule has 0 heterocycles. The van der Waals surface area contributed by atoms with Crippen LogP contribution >= 0.6 is 0 Å². The average molecular weight is 292 g/mol. The van der Waals surface area contributed by atoms with E-state index in [2.05, 4.69) is 11.7 Å². The molecule has 0 atom stereocenters. The van der Waals surface area contributed by atoms with Crippen LogP contribution in [-0.2, 0) is 0 Å². The summed E-state index contributed by atoms with van der Waals surface area (Å²) in [6.45, 7) is 4.17. The summed E-state index contributed by atoms with van der Waals surface area (Å²) in [4.78, 5) is 18.3. The van der Waals surface area contributed by atoms with Crippen LogP contribution in [-0.4, -0.2) is 52.4 Å². The Bertz CT molecular complexity index is 293. The van der Waals surface area contributed by atoms with E-state index in [4.69, 9.17) is 31.6 Å². The third-order valence-corrected chi connectivity index (χ3v) is 1.96. The predicted molar refractivity (Wildman–Crippen MR) is 74.3 cm³/mol. The highest BCUT2D eigenvalue weighted by Gasteiger charge is 2.20. The summed E-state index contributed by atoms with van der Waals surface area (Å²) in [6.07, 6.45) is 4.18. The minimum absolute atomic E-state index is 0.0787. The second kappa shape index (κ2) is 15.1. The smallest absolute Gasteiger partial charge is 0.405 e. The van der Waals surface area contributed by atoms with Crippen molar-refractivity contribution >= 4 is 12.2 Å². The molecule has 0 unspecified atom stereocenters. The molecular weight excluding hydrogens is 268 g/mol. The van der Waals surface area contributed by atoms with Crippen molar-refractivity contribution < 1.29 is 30.0 Å². The van der Waals surface area contributed by atoms with Gasteiger partial charge < -0.3 is 31.5 Å². The molecule has 0 aromatic rings. The van der Waals surface area contributed by atoms with E-state index in [0.29, 0.717) is 0 Å². The number of nitrogens with one attached hydrogen (secondary N) is 1. The molecule has 0 radical (unpaired) electrons. The van der Waals surface area contributed by atoms with Crippen molar-refractivity contribution in [2.45, 2.75) is 26.7 Å². The van der Waals surface area contributed by atoms with E-state index in [1.165, 1.54) is 0 Å². The third-order valence-electron chi connectivity index (χ3n) is 1.96. The molecule has 0 saturated carbocycles. The number of carboxylic acid groups (broad SMARTS) is 2. The molecule has 0 aromatic heterocycles. The fourth-order valence-corrected chi connectivity index (χ4v) is 0.938. The van der Waals surface area contributed by atoms with Crippen LogP contribution in [0.2, 0.25) is 0 Å². The molecule has 0 aromatic carbocycles. The summed E-state index contributed by atoms with van der Waals surface area (Å²) in [5.41, 5.74) is 3.77. The Morgan fingerprint density at radius 3 is 1.80 bits per heavy atom. The van der Waals surface area contributed by atoms with Crippen molar-refractivity contribution in [2.24, 2.45) is 11.1 Å². The van der Waals surface area contributed by atoms with Gasteiger partial charge in [0.05, 0.1) is 19.8 Å². The Morgan fingerprint density at radius 2 is 1.70 bits per heavy atom. The number of hydrogen-bond donors (Lipinski definition) is 6. The Balaban J connectivity index is -0.000000234. The SMILES string of the molecule is C#CCNC(=O)O.CCCC(C)(CO)CO.NC(=O)O. The van der Waals surface area contributed by atoms with E-state index in [1.54, 1.807) is 0 Å². The van der Waals surface area contributed by atoms with Gasteiger partial charge in [-0.1, -0.05) is 26.2 Å². The second-order valence-electron chi connectivity index (χ2n) is 4.08. The molecule has 20 heavy (non-hydrogen) atoms. The molecule has 0 bridgehead atoms. The Hall–Kier alpha value is -1.98. The number of terminal acetylenes is 1. The Labute approximate surface area is 118 Å². The molecule has 0 spiro atoms. The van der Waals surface area contributed by atoms with E-state index < -0.39 is 12.2 Å². The number of aliphatic hydroxyl groups is 2. The lowest BCUT2D eigenvalue weighted by molar-refractivity contribution is 0.0622. The van der Waals surface area contributed by atoms with Gasteiger partial charge in [-0.25, -0.2) is 9.59 Å². The van der Waals surface area contributed by atoms with E-state index in [0.717, 1.165) is 12.8 Å². The van der Waals surface area contributed by atoms with Gasteiger partial charge in [-0.3, -0.25) is 0 Å². The van der Waals surface area contributed by atoms with Crippen molar-refractivity contribution in [3.63, 3.8) is 0 Å². The zero-order valence-corrected chi connectivity index (χ0v) is 11.8. The van der Waals surface area contributed by atoms with Crippen LogP contribution in [0.5, 0.6) is 0 Å². The molecule has 2 amide bonds. The first kappa shape index (κ1) is 23.1. The maximum Gasteiger partial charge on any atom is 0.405 e. The fraction of sp³-hybridized carbons (Fsp3) is 0.667. The number of amides is 2. The molecular formula is C12H24N2O6. The Kier molecular flexibility index (Phi) is 17.4. The van der Waals surface area contributed by atoms with Gasteiger partial charge in [-0.15, -0.1) is 6.42 Å². The van der Waals surface area contributed by atoms with Crippen LogP contribution in [0.4, 0.5) is 9.59 Å². The number of rotatable bonds is 5. The van der Waals surface area contributed by atoms with Crippen LogP contribution in [0, 0.1) is 17.8 Å². The van der Waals surface area contributed by atoms with Crippen LogP contribution < -0.4 is 11.1 Å². The second-order valence-corrected chi connectivity index (χ2v) is 4.08.